The predicted octanol–water partition coefficient (Wildman–Crippen LogP) is 2.78. The Morgan fingerprint density at radius 2 is 2.14 bits per heavy atom. The summed E-state index contributed by atoms with van der Waals surface area (Å²) in [6.45, 7) is 6.71. The van der Waals surface area contributed by atoms with E-state index in [9.17, 15) is 9.18 Å². The maximum atomic E-state index is 13.3. The third kappa shape index (κ3) is 4.42. The van der Waals surface area contributed by atoms with E-state index < -0.39 is 5.41 Å². The van der Waals surface area contributed by atoms with E-state index in [0.717, 1.165) is 19.4 Å². The summed E-state index contributed by atoms with van der Waals surface area (Å²) >= 11 is 0. The zero-order valence-electron chi connectivity index (χ0n) is 12.8. The van der Waals surface area contributed by atoms with E-state index in [1.807, 2.05) is 13.8 Å². The van der Waals surface area contributed by atoms with Gasteiger partial charge in [0, 0.05) is 12.1 Å². The first kappa shape index (κ1) is 17.9. The molecule has 2 rings (SSSR count). The van der Waals surface area contributed by atoms with Crippen LogP contribution in [0.3, 0.4) is 0 Å². The Balaban J connectivity index is 0.00000220. The summed E-state index contributed by atoms with van der Waals surface area (Å²) in [6.07, 6.45) is 1.88. The SMILES string of the molecule is CC1CC(NC(=O)C(C)(C)c2cccc(F)c2)CCN1.Cl. The molecule has 0 aliphatic carbocycles. The number of carbonyl (C=O) groups is 1. The van der Waals surface area contributed by atoms with Gasteiger partial charge in [-0.05, 0) is 57.9 Å². The fourth-order valence-electron chi connectivity index (χ4n) is 2.64. The van der Waals surface area contributed by atoms with Crippen LogP contribution in [0.15, 0.2) is 24.3 Å². The number of hydrogen-bond donors (Lipinski definition) is 2. The summed E-state index contributed by atoms with van der Waals surface area (Å²) in [5, 5.41) is 6.47. The summed E-state index contributed by atoms with van der Waals surface area (Å²) in [6, 6.07) is 6.90. The van der Waals surface area contributed by atoms with Gasteiger partial charge in [0.25, 0.3) is 0 Å². The van der Waals surface area contributed by atoms with Crippen molar-refractivity contribution in [2.24, 2.45) is 0 Å². The first-order valence-electron chi connectivity index (χ1n) is 7.20. The van der Waals surface area contributed by atoms with Crippen LogP contribution in [0.25, 0.3) is 0 Å². The molecule has 118 valence electrons. The smallest absolute Gasteiger partial charge is 0.230 e. The van der Waals surface area contributed by atoms with Gasteiger partial charge in [0.15, 0.2) is 0 Å². The highest BCUT2D eigenvalue weighted by Gasteiger charge is 2.32. The van der Waals surface area contributed by atoms with Crippen LogP contribution in [0, 0.1) is 5.82 Å². The van der Waals surface area contributed by atoms with Crippen LogP contribution in [-0.4, -0.2) is 24.5 Å². The van der Waals surface area contributed by atoms with Crippen molar-refractivity contribution < 1.29 is 9.18 Å². The van der Waals surface area contributed by atoms with Crippen molar-refractivity contribution in [1.29, 1.82) is 0 Å². The molecule has 1 aliphatic rings. The normalized spacial score (nSPS) is 22.3. The Kier molecular flexibility index (Phi) is 6.17. The van der Waals surface area contributed by atoms with Gasteiger partial charge in [0.05, 0.1) is 5.41 Å². The van der Waals surface area contributed by atoms with E-state index in [1.54, 1.807) is 12.1 Å². The molecule has 1 aromatic carbocycles. The predicted molar refractivity (Wildman–Crippen MR) is 85.3 cm³/mol. The Morgan fingerprint density at radius 3 is 2.76 bits per heavy atom. The van der Waals surface area contributed by atoms with Crippen LogP contribution >= 0.6 is 12.4 Å². The maximum Gasteiger partial charge on any atom is 0.230 e. The molecule has 1 saturated heterocycles. The molecule has 0 radical (unpaired) electrons. The van der Waals surface area contributed by atoms with Gasteiger partial charge in [-0.1, -0.05) is 12.1 Å². The zero-order chi connectivity index (χ0) is 14.8. The van der Waals surface area contributed by atoms with E-state index in [4.69, 9.17) is 0 Å². The molecule has 2 unspecified atom stereocenters. The molecule has 2 N–H and O–H groups in total. The summed E-state index contributed by atoms with van der Waals surface area (Å²) < 4.78 is 13.3. The van der Waals surface area contributed by atoms with Gasteiger partial charge >= 0.3 is 0 Å². The highest BCUT2D eigenvalue weighted by atomic mass is 35.5. The summed E-state index contributed by atoms with van der Waals surface area (Å²) in [7, 11) is 0. The van der Waals surface area contributed by atoms with Gasteiger partial charge in [-0.25, -0.2) is 4.39 Å². The second kappa shape index (κ2) is 7.23. The van der Waals surface area contributed by atoms with Crippen molar-refractivity contribution in [2.45, 2.75) is 51.1 Å². The molecular weight excluding hydrogens is 291 g/mol. The summed E-state index contributed by atoms with van der Waals surface area (Å²) in [5.74, 6) is -0.346. The molecule has 1 heterocycles. The standard InChI is InChI=1S/C16H23FN2O.ClH/c1-11-9-14(7-8-18-11)19-15(20)16(2,3)12-5-4-6-13(17)10-12;/h4-6,10-11,14,18H,7-9H2,1-3H3,(H,19,20);1H. The van der Waals surface area contributed by atoms with Crippen molar-refractivity contribution in [3.05, 3.63) is 35.6 Å². The fourth-order valence-corrected chi connectivity index (χ4v) is 2.64. The molecule has 0 aromatic heterocycles. The molecule has 5 heteroatoms. The molecule has 0 bridgehead atoms. The molecular formula is C16H24ClFN2O. The Hall–Kier alpha value is -1.13. The fraction of sp³-hybridized carbons (Fsp3) is 0.562. The highest BCUT2D eigenvalue weighted by molar-refractivity contribution is 5.87. The largest absolute Gasteiger partial charge is 0.353 e. The van der Waals surface area contributed by atoms with Crippen molar-refractivity contribution in [1.82, 2.24) is 10.6 Å². The van der Waals surface area contributed by atoms with E-state index >= 15 is 0 Å². The number of rotatable bonds is 3. The van der Waals surface area contributed by atoms with Gasteiger partial charge in [0.1, 0.15) is 5.82 Å². The summed E-state index contributed by atoms with van der Waals surface area (Å²) in [5.41, 5.74) is -0.0204. The van der Waals surface area contributed by atoms with E-state index in [1.165, 1.54) is 12.1 Å². The molecule has 1 aliphatic heterocycles. The third-order valence-corrected chi connectivity index (χ3v) is 4.07. The van der Waals surface area contributed by atoms with Gasteiger partial charge in [-0.2, -0.15) is 0 Å². The van der Waals surface area contributed by atoms with Gasteiger partial charge in [0.2, 0.25) is 5.91 Å². The van der Waals surface area contributed by atoms with Crippen molar-refractivity contribution in [3.63, 3.8) is 0 Å². The second-order valence-corrected chi connectivity index (χ2v) is 6.19. The second-order valence-electron chi connectivity index (χ2n) is 6.19. The lowest BCUT2D eigenvalue weighted by Gasteiger charge is -2.32. The number of piperidine rings is 1. The van der Waals surface area contributed by atoms with Crippen molar-refractivity contribution >= 4 is 18.3 Å². The van der Waals surface area contributed by atoms with Crippen molar-refractivity contribution in [2.75, 3.05) is 6.54 Å². The molecule has 0 spiro atoms. The maximum absolute atomic E-state index is 13.3. The Morgan fingerprint density at radius 1 is 1.43 bits per heavy atom. The number of amides is 1. The van der Waals surface area contributed by atoms with Crippen LogP contribution in [0.2, 0.25) is 0 Å². The van der Waals surface area contributed by atoms with Gasteiger partial charge in [-0.15, -0.1) is 12.4 Å². The molecule has 21 heavy (non-hydrogen) atoms. The molecule has 1 aromatic rings. The molecule has 1 fully saturated rings. The summed E-state index contributed by atoms with van der Waals surface area (Å²) in [4.78, 5) is 12.5. The van der Waals surface area contributed by atoms with E-state index in [-0.39, 0.29) is 30.2 Å². The average Bonchev–Trinajstić information content (AvgIpc) is 2.38. The first-order chi connectivity index (χ1) is 9.39. The minimum atomic E-state index is -0.726. The number of hydrogen-bond acceptors (Lipinski definition) is 2. The average molecular weight is 315 g/mol. The van der Waals surface area contributed by atoms with Crippen LogP contribution in [-0.2, 0) is 10.2 Å². The van der Waals surface area contributed by atoms with Crippen LogP contribution < -0.4 is 10.6 Å². The lowest BCUT2D eigenvalue weighted by molar-refractivity contribution is -0.126. The first-order valence-corrected chi connectivity index (χ1v) is 7.20. The molecule has 0 saturated carbocycles. The molecule has 2 atom stereocenters. The lowest BCUT2D eigenvalue weighted by atomic mass is 9.83. The van der Waals surface area contributed by atoms with Crippen LogP contribution in [0.5, 0.6) is 0 Å². The third-order valence-electron chi connectivity index (χ3n) is 4.07. The van der Waals surface area contributed by atoms with Gasteiger partial charge in [-0.3, -0.25) is 4.79 Å². The lowest BCUT2D eigenvalue weighted by Crippen LogP contribution is -2.50. The highest BCUT2D eigenvalue weighted by Crippen LogP contribution is 2.24. The minimum Gasteiger partial charge on any atom is -0.353 e. The number of nitrogens with one attached hydrogen (secondary N) is 2. The Bertz CT molecular complexity index is 493. The Labute approximate surface area is 132 Å². The topological polar surface area (TPSA) is 41.1 Å². The van der Waals surface area contributed by atoms with E-state index in [0.29, 0.717) is 11.6 Å². The monoisotopic (exact) mass is 314 g/mol. The zero-order valence-corrected chi connectivity index (χ0v) is 13.6. The molecule has 3 nitrogen and oxygen atoms in total. The van der Waals surface area contributed by atoms with Crippen molar-refractivity contribution in [3.8, 4) is 0 Å². The number of carbonyl (C=O) groups excluding carboxylic acids is 1. The van der Waals surface area contributed by atoms with Gasteiger partial charge < -0.3 is 10.6 Å². The van der Waals surface area contributed by atoms with Crippen LogP contribution in [0.1, 0.15) is 39.2 Å². The number of halogens is 2. The van der Waals surface area contributed by atoms with Crippen LogP contribution in [0.4, 0.5) is 4.39 Å². The molecule has 1 amide bonds. The number of benzene rings is 1. The quantitative estimate of drug-likeness (QED) is 0.901. The van der Waals surface area contributed by atoms with E-state index in [2.05, 4.69) is 17.6 Å². The minimum absolute atomic E-state index is 0.